The Morgan fingerprint density at radius 2 is 2.00 bits per heavy atom. The molecule has 0 radical (unpaired) electrons. The Hall–Kier alpha value is -0.170. The van der Waals surface area contributed by atoms with Gasteiger partial charge in [-0.2, -0.15) is 0 Å². The van der Waals surface area contributed by atoms with Crippen molar-refractivity contribution < 1.29 is 13.2 Å². The summed E-state index contributed by atoms with van der Waals surface area (Å²) in [4.78, 5) is 0. The molecule has 1 fully saturated rings. The third kappa shape index (κ3) is 4.84. The number of ether oxygens (including phenoxy) is 1. The van der Waals surface area contributed by atoms with Gasteiger partial charge in [-0.15, -0.1) is 0 Å². The van der Waals surface area contributed by atoms with Crippen LogP contribution >= 0.6 is 0 Å². The zero-order valence-electron chi connectivity index (χ0n) is 11.8. The average Bonchev–Trinajstić information content (AvgIpc) is 2.69. The molecule has 5 nitrogen and oxygen atoms in total. The largest absolute Gasteiger partial charge is 0.378 e. The van der Waals surface area contributed by atoms with Crippen LogP contribution in [0.3, 0.4) is 0 Å². The van der Waals surface area contributed by atoms with Gasteiger partial charge in [0.1, 0.15) is 0 Å². The molecule has 18 heavy (non-hydrogen) atoms. The van der Waals surface area contributed by atoms with E-state index in [1.807, 2.05) is 20.8 Å². The highest BCUT2D eigenvalue weighted by atomic mass is 32.2. The predicted octanol–water partition coefficient (Wildman–Crippen LogP) is 0.717. The standard InChI is InChI=1S/C12H26N2O3S/c1-9(2)13-7-10(3)18(15,16)14-8-12-5-6-17-11(12)4/h9-14H,5-8H2,1-4H3. The molecule has 3 atom stereocenters. The quantitative estimate of drug-likeness (QED) is 0.720. The van der Waals surface area contributed by atoms with Crippen molar-refractivity contribution in [2.75, 3.05) is 19.7 Å². The van der Waals surface area contributed by atoms with Crippen LogP contribution in [0.15, 0.2) is 0 Å². The molecule has 1 saturated heterocycles. The topological polar surface area (TPSA) is 67.4 Å². The van der Waals surface area contributed by atoms with Crippen molar-refractivity contribution >= 4 is 10.0 Å². The van der Waals surface area contributed by atoms with Crippen LogP contribution in [0.5, 0.6) is 0 Å². The van der Waals surface area contributed by atoms with E-state index in [4.69, 9.17) is 4.74 Å². The van der Waals surface area contributed by atoms with Crippen LogP contribution in [0.2, 0.25) is 0 Å². The molecule has 1 rings (SSSR count). The molecule has 0 saturated carbocycles. The van der Waals surface area contributed by atoms with Gasteiger partial charge in [-0.25, -0.2) is 13.1 Å². The molecular weight excluding hydrogens is 252 g/mol. The lowest BCUT2D eigenvalue weighted by Crippen LogP contribution is -2.42. The zero-order chi connectivity index (χ0) is 13.8. The van der Waals surface area contributed by atoms with Gasteiger partial charge in [-0.1, -0.05) is 13.8 Å². The Labute approximate surface area is 111 Å². The van der Waals surface area contributed by atoms with Crippen LogP contribution in [0.1, 0.15) is 34.1 Å². The summed E-state index contributed by atoms with van der Waals surface area (Å²) in [6.07, 6.45) is 1.08. The summed E-state index contributed by atoms with van der Waals surface area (Å²) < 4.78 is 32.2. The maximum atomic E-state index is 12.0. The van der Waals surface area contributed by atoms with Gasteiger partial charge in [-0.05, 0) is 20.3 Å². The van der Waals surface area contributed by atoms with Gasteiger partial charge >= 0.3 is 0 Å². The Kier molecular flexibility index (Phi) is 6.04. The first-order valence-corrected chi connectivity index (χ1v) is 8.21. The van der Waals surface area contributed by atoms with Gasteiger partial charge in [0.15, 0.2) is 0 Å². The van der Waals surface area contributed by atoms with E-state index in [0.717, 1.165) is 13.0 Å². The van der Waals surface area contributed by atoms with Gasteiger partial charge in [-0.3, -0.25) is 0 Å². The van der Waals surface area contributed by atoms with Crippen molar-refractivity contribution in [3.05, 3.63) is 0 Å². The van der Waals surface area contributed by atoms with E-state index in [9.17, 15) is 8.42 Å². The molecule has 3 unspecified atom stereocenters. The van der Waals surface area contributed by atoms with E-state index in [-0.39, 0.29) is 6.10 Å². The number of sulfonamides is 1. The van der Waals surface area contributed by atoms with Crippen LogP contribution in [0.4, 0.5) is 0 Å². The Morgan fingerprint density at radius 3 is 2.50 bits per heavy atom. The molecule has 1 heterocycles. The number of rotatable bonds is 7. The molecule has 0 amide bonds. The van der Waals surface area contributed by atoms with Crippen molar-refractivity contribution in [3.8, 4) is 0 Å². The monoisotopic (exact) mass is 278 g/mol. The fourth-order valence-electron chi connectivity index (χ4n) is 1.92. The normalized spacial score (nSPS) is 26.7. The Bertz CT molecular complexity index is 343. The van der Waals surface area contributed by atoms with Crippen molar-refractivity contribution in [1.82, 2.24) is 10.0 Å². The highest BCUT2D eigenvalue weighted by molar-refractivity contribution is 7.90. The van der Waals surface area contributed by atoms with Crippen LogP contribution in [0, 0.1) is 5.92 Å². The molecule has 0 aromatic rings. The average molecular weight is 278 g/mol. The van der Waals surface area contributed by atoms with E-state index >= 15 is 0 Å². The lowest BCUT2D eigenvalue weighted by Gasteiger charge is -2.19. The molecule has 1 aliphatic heterocycles. The lowest BCUT2D eigenvalue weighted by atomic mass is 10.0. The van der Waals surface area contributed by atoms with E-state index in [1.165, 1.54) is 0 Å². The smallest absolute Gasteiger partial charge is 0.215 e. The third-order valence-electron chi connectivity index (χ3n) is 3.42. The minimum Gasteiger partial charge on any atom is -0.378 e. The van der Waals surface area contributed by atoms with Crippen LogP contribution < -0.4 is 10.0 Å². The Balaban J connectivity index is 2.38. The number of nitrogens with one attached hydrogen (secondary N) is 2. The molecule has 0 bridgehead atoms. The minimum atomic E-state index is -3.23. The highest BCUT2D eigenvalue weighted by Crippen LogP contribution is 2.19. The first-order valence-electron chi connectivity index (χ1n) is 6.66. The summed E-state index contributed by atoms with van der Waals surface area (Å²) in [5, 5.41) is 2.73. The molecule has 0 aromatic heterocycles. The second-order valence-electron chi connectivity index (χ2n) is 5.39. The fourth-order valence-corrected chi connectivity index (χ4v) is 2.97. The third-order valence-corrected chi connectivity index (χ3v) is 5.22. The molecule has 0 aromatic carbocycles. The summed E-state index contributed by atoms with van der Waals surface area (Å²) in [6.45, 7) is 9.42. The van der Waals surface area contributed by atoms with Gasteiger partial charge < -0.3 is 10.1 Å². The van der Waals surface area contributed by atoms with Crippen LogP contribution in [-0.2, 0) is 14.8 Å². The van der Waals surface area contributed by atoms with Gasteiger partial charge in [0.05, 0.1) is 11.4 Å². The van der Waals surface area contributed by atoms with E-state index in [0.29, 0.717) is 25.0 Å². The summed E-state index contributed by atoms with van der Waals surface area (Å²) in [7, 11) is -3.23. The predicted molar refractivity (Wildman–Crippen MR) is 73.0 cm³/mol. The SMILES string of the molecule is CC(C)NCC(C)S(=O)(=O)NCC1CCOC1C. The summed E-state index contributed by atoms with van der Waals surface area (Å²) in [6, 6.07) is 0.297. The molecule has 0 spiro atoms. The van der Waals surface area contributed by atoms with Crippen molar-refractivity contribution in [1.29, 1.82) is 0 Å². The first kappa shape index (κ1) is 15.9. The van der Waals surface area contributed by atoms with E-state index < -0.39 is 15.3 Å². The maximum Gasteiger partial charge on any atom is 0.215 e. The van der Waals surface area contributed by atoms with E-state index in [1.54, 1.807) is 6.92 Å². The lowest BCUT2D eigenvalue weighted by molar-refractivity contribution is 0.107. The van der Waals surface area contributed by atoms with Crippen LogP contribution in [0.25, 0.3) is 0 Å². The minimum absolute atomic E-state index is 0.150. The first-order chi connectivity index (χ1) is 8.33. The summed E-state index contributed by atoms with van der Waals surface area (Å²) in [5.41, 5.74) is 0. The zero-order valence-corrected chi connectivity index (χ0v) is 12.6. The number of hydrogen-bond donors (Lipinski definition) is 2. The van der Waals surface area contributed by atoms with Crippen molar-refractivity contribution in [2.45, 2.75) is 51.5 Å². The van der Waals surface area contributed by atoms with Gasteiger partial charge in [0, 0.05) is 31.7 Å². The number of hydrogen-bond acceptors (Lipinski definition) is 4. The fraction of sp³-hybridized carbons (Fsp3) is 1.00. The highest BCUT2D eigenvalue weighted by Gasteiger charge is 2.27. The van der Waals surface area contributed by atoms with Crippen molar-refractivity contribution in [2.24, 2.45) is 5.92 Å². The van der Waals surface area contributed by atoms with Gasteiger partial charge in [0.2, 0.25) is 10.0 Å². The second kappa shape index (κ2) is 6.84. The summed E-state index contributed by atoms with van der Waals surface area (Å²) in [5.74, 6) is 0.296. The molecule has 2 N–H and O–H groups in total. The molecule has 0 aliphatic carbocycles. The van der Waals surface area contributed by atoms with Crippen LogP contribution in [-0.4, -0.2) is 45.5 Å². The second-order valence-corrected chi connectivity index (χ2v) is 7.58. The molecule has 108 valence electrons. The van der Waals surface area contributed by atoms with Gasteiger partial charge in [0.25, 0.3) is 0 Å². The molecule has 1 aliphatic rings. The van der Waals surface area contributed by atoms with Crippen molar-refractivity contribution in [3.63, 3.8) is 0 Å². The Morgan fingerprint density at radius 1 is 1.33 bits per heavy atom. The molecule has 6 heteroatoms. The summed E-state index contributed by atoms with van der Waals surface area (Å²) >= 11 is 0. The maximum absolute atomic E-state index is 12.0. The molecular formula is C12H26N2O3S. The van der Waals surface area contributed by atoms with E-state index in [2.05, 4.69) is 10.0 Å².